The van der Waals surface area contributed by atoms with E-state index in [1.807, 2.05) is 0 Å². The summed E-state index contributed by atoms with van der Waals surface area (Å²) in [7, 11) is -1.38. The predicted molar refractivity (Wildman–Crippen MR) is 199 cm³/mol. The van der Waals surface area contributed by atoms with Gasteiger partial charge in [0, 0.05) is 0 Å². The highest BCUT2D eigenvalue weighted by molar-refractivity contribution is 9.23. The second-order valence-corrected chi connectivity index (χ2v) is 30.2. The lowest BCUT2D eigenvalue weighted by molar-refractivity contribution is 0.323. The molecular formula is C30H45O3PS4Si3. The van der Waals surface area contributed by atoms with E-state index in [0.29, 0.717) is 0 Å². The molecule has 0 aliphatic rings. The SMILES string of the molecule is S=P(SCCC[SiH2]OCc1ccccc1)(SCCC[SiH2]OCc1ccccc1)SCCC[SiH2]OCc1ccccc1. The molecule has 0 aliphatic heterocycles. The Labute approximate surface area is 272 Å². The third-order valence-electron chi connectivity index (χ3n) is 6.13. The molecule has 11 heteroatoms. The van der Waals surface area contributed by atoms with Crippen molar-refractivity contribution in [1.29, 1.82) is 0 Å². The number of hydrogen-bond donors (Lipinski definition) is 0. The van der Waals surface area contributed by atoms with Crippen LogP contribution in [-0.2, 0) is 44.9 Å². The quantitative estimate of drug-likeness (QED) is 0.0538. The zero-order valence-electron chi connectivity index (χ0n) is 24.1. The van der Waals surface area contributed by atoms with E-state index in [4.69, 9.17) is 25.1 Å². The van der Waals surface area contributed by atoms with Crippen molar-refractivity contribution in [2.45, 2.75) is 57.2 Å². The van der Waals surface area contributed by atoms with Crippen LogP contribution in [0.5, 0.6) is 0 Å². The van der Waals surface area contributed by atoms with Gasteiger partial charge in [0.1, 0.15) is 3.64 Å². The van der Waals surface area contributed by atoms with E-state index in [1.54, 1.807) is 0 Å². The Kier molecular flexibility index (Phi) is 20.1. The summed E-state index contributed by atoms with van der Waals surface area (Å²) in [5.41, 5.74) is 3.83. The fourth-order valence-corrected chi connectivity index (χ4v) is 21.8. The van der Waals surface area contributed by atoms with E-state index >= 15 is 0 Å². The van der Waals surface area contributed by atoms with Crippen LogP contribution in [0.25, 0.3) is 0 Å². The smallest absolute Gasteiger partial charge is 0.162 e. The summed E-state index contributed by atoms with van der Waals surface area (Å²) in [6.07, 6.45) is 3.68. The predicted octanol–water partition coefficient (Wildman–Crippen LogP) is 7.74. The third kappa shape index (κ3) is 17.7. The zero-order chi connectivity index (χ0) is 28.7. The van der Waals surface area contributed by atoms with Crippen LogP contribution in [0.1, 0.15) is 36.0 Å². The van der Waals surface area contributed by atoms with Crippen LogP contribution in [0, 0.1) is 0 Å². The summed E-state index contributed by atoms with van der Waals surface area (Å²) in [4.78, 5) is 0. The summed E-state index contributed by atoms with van der Waals surface area (Å²) >= 11 is 12.6. The first-order valence-electron chi connectivity index (χ1n) is 14.6. The molecule has 3 aromatic carbocycles. The van der Waals surface area contributed by atoms with Gasteiger partial charge in [0.15, 0.2) is 29.3 Å². The van der Waals surface area contributed by atoms with E-state index in [1.165, 1.54) is 71.3 Å². The molecule has 0 spiro atoms. The topological polar surface area (TPSA) is 27.7 Å². The second kappa shape index (κ2) is 23.3. The number of benzene rings is 3. The van der Waals surface area contributed by atoms with Crippen molar-refractivity contribution >= 4 is 78.9 Å². The van der Waals surface area contributed by atoms with Crippen molar-refractivity contribution in [3.8, 4) is 0 Å². The van der Waals surface area contributed by atoms with Crippen LogP contribution in [0.2, 0.25) is 18.1 Å². The lowest BCUT2D eigenvalue weighted by Crippen LogP contribution is -2.00. The Bertz CT molecular complexity index is 951. The van der Waals surface area contributed by atoms with Gasteiger partial charge >= 0.3 is 0 Å². The Balaban J connectivity index is 1.28. The molecule has 41 heavy (non-hydrogen) atoms. The van der Waals surface area contributed by atoms with Gasteiger partial charge in [-0.2, -0.15) is 0 Å². The van der Waals surface area contributed by atoms with Gasteiger partial charge in [-0.05, 0) is 71.3 Å². The fraction of sp³-hybridized carbons (Fsp3) is 0.400. The van der Waals surface area contributed by atoms with Crippen LogP contribution < -0.4 is 0 Å². The average molecular weight is 697 g/mol. The van der Waals surface area contributed by atoms with Gasteiger partial charge in [-0.1, -0.05) is 103 Å². The van der Waals surface area contributed by atoms with Crippen LogP contribution in [-0.4, -0.2) is 46.5 Å². The molecule has 0 heterocycles. The van der Waals surface area contributed by atoms with Gasteiger partial charge in [-0.15, -0.1) is 34.1 Å². The van der Waals surface area contributed by atoms with Crippen molar-refractivity contribution in [1.82, 2.24) is 0 Å². The summed E-state index contributed by atoms with van der Waals surface area (Å²) in [5.74, 6) is 3.51. The Morgan fingerprint density at radius 3 is 1.07 bits per heavy atom. The van der Waals surface area contributed by atoms with Gasteiger partial charge < -0.3 is 13.3 Å². The lowest BCUT2D eigenvalue weighted by Gasteiger charge is -2.20. The van der Waals surface area contributed by atoms with Crippen molar-refractivity contribution in [2.24, 2.45) is 0 Å². The van der Waals surface area contributed by atoms with E-state index in [2.05, 4.69) is 125 Å². The Hall–Kier alpha value is -0.109. The molecule has 0 saturated heterocycles. The highest BCUT2D eigenvalue weighted by Gasteiger charge is 2.19. The largest absolute Gasteiger partial charge is 0.420 e. The van der Waals surface area contributed by atoms with Crippen LogP contribution in [0.15, 0.2) is 91.0 Å². The molecule has 0 bridgehead atoms. The number of hydrogen-bond acceptors (Lipinski definition) is 7. The maximum atomic E-state index is 6.34. The summed E-state index contributed by atoms with van der Waals surface area (Å²) in [5, 5.41) is 0. The lowest BCUT2D eigenvalue weighted by atomic mass is 10.2. The first-order chi connectivity index (χ1) is 20.2. The molecule has 0 radical (unpaired) electrons. The molecule has 224 valence electrons. The Morgan fingerprint density at radius 2 is 0.780 bits per heavy atom. The second-order valence-electron chi connectivity index (χ2n) is 9.68. The van der Waals surface area contributed by atoms with Crippen LogP contribution in [0.3, 0.4) is 0 Å². The molecule has 0 N–H and O–H groups in total. The molecule has 0 unspecified atom stereocenters. The van der Waals surface area contributed by atoms with Crippen molar-refractivity contribution < 1.29 is 13.3 Å². The minimum atomic E-state index is -1.52. The van der Waals surface area contributed by atoms with Gasteiger partial charge in [-0.3, -0.25) is 0 Å². The van der Waals surface area contributed by atoms with E-state index < -0.39 is 32.9 Å². The molecule has 0 amide bonds. The molecular weight excluding hydrogens is 652 g/mol. The highest BCUT2D eigenvalue weighted by Crippen LogP contribution is 2.78. The molecule has 0 aromatic heterocycles. The summed E-state index contributed by atoms with van der Waals surface area (Å²) in [6, 6.07) is 35.2. The fourth-order valence-electron chi connectivity index (χ4n) is 3.85. The normalized spacial score (nSPS) is 13.7. The minimum absolute atomic E-state index is 0.459. The van der Waals surface area contributed by atoms with E-state index in [-0.39, 0.29) is 0 Å². The number of rotatable bonds is 24. The summed E-state index contributed by atoms with van der Waals surface area (Å²) in [6.45, 7) is 2.29. The van der Waals surface area contributed by atoms with E-state index in [9.17, 15) is 0 Å². The molecule has 3 rings (SSSR count). The third-order valence-corrected chi connectivity index (χ3v) is 25.4. The van der Waals surface area contributed by atoms with Gasteiger partial charge in [-0.25, -0.2) is 0 Å². The summed E-state index contributed by atoms with van der Waals surface area (Å²) < 4.78 is 16.5. The van der Waals surface area contributed by atoms with Gasteiger partial charge in [0.05, 0.1) is 19.8 Å². The van der Waals surface area contributed by atoms with Gasteiger partial charge in [0.25, 0.3) is 0 Å². The molecule has 3 aromatic rings. The van der Waals surface area contributed by atoms with Gasteiger partial charge in [0.2, 0.25) is 0 Å². The molecule has 0 saturated carbocycles. The highest BCUT2D eigenvalue weighted by atomic mass is 33.5. The molecule has 3 nitrogen and oxygen atoms in total. The maximum absolute atomic E-state index is 6.34. The Morgan fingerprint density at radius 1 is 0.488 bits per heavy atom. The zero-order valence-corrected chi connectivity index (χ0v) is 32.5. The molecule has 0 aliphatic carbocycles. The minimum Gasteiger partial charge on any atom is -0.420 e. The average Bonchev–Trinajstić information content (AvgIpc) is 3.01. The van der Waals surface area contributed by atoms with Crippen molar-refractivity contribution in [2.75, 3.05) is 17.3 Å². The maximum Gasteiger partial charge on any atom is 0.162 e. The van der Waals surface area contributed by atoms with Crippen LogP contribution in [0.4, 0.5) is 0 Å². The monoisotopic (exact) mass is 696 g/mol. The van der Waals surface area contributed by atoms with Crippen LogP contribution >= 0.6 is 37.8 Å². The molecule has 0 fully saturated rings. The molecule has 0 atom stereocenters. The first-order valence-corrected chi connectivity index (χ1v) is 26.9. The van der Waals surface area contributed by atoms with Crippen molar-refractivity contribution in [3.63, 3.8) is 0 Å². The van der Waals surface area contributed by atoms with Crippen molar-refractivity contribution in [3.05, 3.63) is 108 Å². The first kappa shape index (κ1) is 35.4. The van der Waals surface area contributed by atoms with E-state index in [0.717, 1.165) is 19.8 Å². The standard InChI is InChI=1S/C30H45O3PS4Si3/c35-34(36-19-10-22-39-31-25-28-13-4-1-5-14-28,37-20-11-23-40-32-26-29-15-6-2-7-16-29)38-21-12-24-41-33-27-30-17-8-3-9-18-30/h1-9,13-18H,10-12,19-27,39-41H2.